The molecule has 0 saturated carbocycles. The second-order valence-electron chi connectivity index (χ2n) is 8.52. The molecule has 3 atom stereocenters. The molecule has 0 aromatic heterocycles. The van der Waals surface area contributed by atoms with E-state index < -0.39 is 41.4 Å². The maximum absolute atomic E-state index is 13.4. The van der Waals surface area contributed by atoms with Gasteiger partial charge in [-0.2, -0.15) is 26.3 Å². The van der Waals surface area contributed by atoms with Crippen molar-refractivity contribution in [2.75, 3.05) is 11.9 Å². The van der Waals surface area contributed by atoms with Crippen LogP contribution in [0.15, 0.2) is 48.6 Å². The van der Waals surface area contributed by atoms with Crippen molar-refractivity contribution in [2.24, 2.45) is 5.92 Å². The molecular weight excluding hydrogens is 478 g/mol. The smallest absolute Gasteiger partial charge is 0.416 e. The van der Waals surface area contributed by atoms with Gasteiger partial charge in [0.2, 0.25) is 0 Å². The van der Waals surface area contributed by atoms with Crippen LogP contribution in [0.5, 0.6) is 0 Å². The third kappa shape index (κ3) is 5.13. The number of allylic oxidation sites excluding steroid dienone is 2. The minimum atomic E-state index is -4.95. The predicted octanol–water partition coefficient (Wildman–Crippen LogP) is 5.76. The highest BCUT2D eigenvalue weighted by atomic mass is 19.4. The number of amides is 1. The Labute approximate surface area is 195 Å². The molecule has 4 rings (SSSR count). The highest BCUT2D eigenvalue weighted by molar-refractivity contribution is 5.95. The molecule has 2 aliphatic rings. The third-order valence-corrected chi connectivity index (χ3v) is 6.22. The second-order valence-corrected chi connectivity index (χ2v) is 8.52. The maximum Gasteiger partial charge on any atom is 0.416 e. The number of nitrogens with one attached hydrogen (secondary N) is 2. The van der Waals surface area contributed by atoms with Crippen molar-refractivity contribution < 1.29 is 41.0 Å². The summed E-state index contributed by atoms with van der Waals surface area (Å²) in [5, 5.41) is 14.3. The number of hydrogen-bond acceptors (Lipinski definition) is 3. The van der Waals surface area contributed by atoms with E-state index in [1.54, 1.807) is 12.1 Å². The number of alkyl halides is 6. The summed E-state index contributed by atoms with van der Waals surface area (Å²) in [6, 6.07) is 5.41. The van der Waals surface area contributed by atoms with Gasteiger partial charge in [0.1, 0.15) is 0 Å². The molecule has 5 nitrogen and oxygen atoms in total. The first-order valence-corrected chi connectivity index (χ1v) is 10.7. The first-order valence-electron chi connectivity index (χ1n) is 10.7. The Kier molecular flexibility index (Phi) is 6.29. The number of halogens is 6. The quantitative estimate of drug-likeness (QED) is 0.362. The molecule has 0 saturated heterocycles. The van der Waals surface area contributed by atoms with E-state index in [4.69, 9.17) is 5.11 Å². The molecule has 11 heteroatoms. The molecule has 1 aliphatic carbocycles. The zero-order valence-electron chi connectivity index (χ0n) is 18.0. The van der Waals surface area contributed by atoms with Crippen LogP contribution in [0.3, 0.4) is 0 Å². The fourth-order valence-corrected chi connectivity index (χ4v) is 4.61. The van der Waals surface area contributed by atoms with E-state index in [1.807, 2.05) is 12.2 Å². The molecular formula is C24H20F6N2O3. The van der Waals surface area contributed by atoms with Crippen molar-refractivity contribution in [3.8, 4) is 0 Å². The summed E-state index contributed by atoms with van der Waals surface area (Å²) in [4.78, 5) is 23.0. The van der Waals surface area contributed by atoms with Gasteiger partial charge in [-0.25, -0.2) is 0 Å². The Morgan fingerprint density at radius 3 is 2.26 bits per heavy atom. The summed E-state index contributed by atoms with van der Waals surface area (Å²) in [5.41, 5.74) is -1.40. The lowest BCUT2D eigenvalue weighted by atomic mass is 9.76. The maximum atomic E-state index is 13.4. The summed E-state index contributed by atoms with van der Waals surface area (Å²) < 4.78 is 80.4. The first-order chi connectivity index (χ1) is 16.3. The molecule has 186 valence electrons. The lowest BCUT2D eigenvalue weighted by Gasteiger charge is -2.38. The summed E-state index contributed by atoms with van der Waals surface area (Å²) in [6.07, 6.45) is -6.06. The van der Waals surface area contributed by atoms with Gasteiger partial charge in [-0.15, -0.1) is 0 Å². The number of rotatable bonds is 5. The fourth-order valence-electron chi connectivity index (χ4n) is 4.61. The highest BCUT2D eigenvalue weighted by Gasteiger charge is 2.42. The molecule has 1 amide bonds. The summed E-state index contributed by atoms with van der Waals surface area (Å²) >= 11 is 0. The molecule has 2 aromatic rings. The molecule has 0 fully saturated rings. The monoisotopic (exact) mass is 498 g/mol. The summed E-state index contributed by atoms with van der Waals surface area (Å²) in [5.74, 6) is -2.24. The van der Waals surface area contributed by atoms with Gasteiger partial charge in [-0.1, -0.05) is 12.2 Å². The number of carboxylic acids is 1. The third-order valence-electron chi connectivity index (χ3n) is 6.22. The number of carboxylic acid groups (broad SMARTS) is 1. The Morgan fingerprint density at radius 1 is 1.00 bits per heavy atom. The topological polar surface area (TPSA) is 78.4 Å². The van der Waals surface area contributed by atoms with E-state index in [0.717, 1.165) is 12.1 Å². The van der Waals surface area contributed by atoms with Crippen molar-refractivity contribution in [3.63, 3.8) is 0 Å². The van der Waals surface area contributed by atoms with Gasteiger partial charge < -0.3 is 15.7 Å². The largest absolute Gasteiger partial charge is 0.481 e. The van der Waals surface area contributed by atoms with Gasteiger partial charge in [0.05, 0.1) is 23.6 Å². The Morgan fingerprint density at radius 2 is 1.66 bits per heavy atom. The number of carbonyl (C=O) groups is 2. The average Bonchev–Trinajstić information content (AvgIpc) is 3.26. The van der Waals surface area contributed by atoms with Crippen molar-refractivity contribution in [1.82, 2.24) is 5.32 Å². The van der Waals surface area contributed by atoms with Crippen LogP contribution in [0, 0.1) is 5.92 Å². The van der Waals surface area contributed by atoms with Gasteiger partial charge in [-0.05, 0) is 59.9 Å². The number of hydrogen-bond donors (Lipinski definition) is 3. The van der Waals surface area contributed by atoms with Crippen LogP contribution >= 0.6 is 0 Å². The fraction of sp³-hybridized carbons (Fsp3) is 0.333. The minimum absolute atomic E-state index is 0.0609. The molecule has 35 heavy (non-hydrogen) atoms. The van der Waals surface area contributed by atoms with Crippen LogP contribution in [-0.4, -0.2) is 23.5 Å². The molecule has 0 radical (unpaired) electrons. The zero-order chi connectivity index (χ0) is 25.5. The molecule has 0 bridgehead atoms. The summed E-state index contributed by atoms with van der Waals surface area (Å²) in [7, 11) is 0. The lowest BCUT2D eigenvalue weighted by molar-refractivity contribution is -0.143. The lowest BCUT2D eigenvalue weighted by Crippen LogP contribution is -2.30. The SMILES string of the molecule is O=C(O)CCNC(=O)c1ccc2c(c1)[C@@H]1C=CC[C@H]1[C@@H](c1cc(C(F)(F)F)cc(C(F)(F)F)c1)N2. The Balaban J connectivity index is 1.69. The van der Waals surface area contributed by atoms with E-state index >= 15 is 0 Å². The van der Waals surface area contributed by atoms with E-state index in [0.29, 0.717) is 17.7 Å². The number of fused-ring (bicyclic) bond motifs is 3. The van der Waals surface area contributed by atoms with Gasteiger partial charge >= 0.3 is 18.3 Å². The highest BCUT2D eigenvalue weighted by Crippen LogP contribution is 2.51. The predicted molar refractivity (Wildman–Crippen MR) is 114 cm³/mol. The van der Waals surface area contributed by atoms with Crippen molar-refractivity contribution in [1.29, 1.82) is 0 Å². The molecule has 3 N–H and O–H groups in total. The number of benzene rings is 2. The Bertz CT molecular complexity index is 1160. The van der Waals surface area contributed by atoms with E-state index in [-0.39, 0.29) is 42.0 Å². The van der Waals surface area contributed by atoms with Crippen molar-refractivity contribution in [2.45, 2.75) is 37.2 Å². The van der Waals surface area contributed by atoms with Gasteiger partial charge in [0.25, 0.3) is 5.91 Å². The van der Waals surface area contributed by atoms with Gasteiger partial charge in [0.15, 0.2) is 0 Å². The standard InChI is InChI=1S/C24H20F6N2O3/c25-23(26,27)14-8-13(9-15(11-14)24(28,29)30)21-17-3-1-2-16(17)18-10-12(4-5-19(18)32-21)22(35)31-7-6-20(33)34/h1-2,4-5,8-11,16-17,21,32H,3,6-7H2,(H,31,35)(H,33,34)/t16-,17-,21-/m1/s1. The number of carbonyl (C=O) groups excluding carboxylic acids is 1. The molecule has 1 aliphatic heterocycles. The van der Waals surface area contributed by atoms with E-state index in [9.17, 15) is 35.9 Å². The zero-order valence-corrected chi connectivity index (χ0v) is 18.0. The van der Waals surface area contributed by atoms with Crippen LogP contribution in [0.25, 0.3) is 0 Å². The van der Waals surface area contributed by atoms with Crippen LogP contribution in [0.1, 0.15) is 57.4 Å². The van der Waals surface area contributed by atoms with Crippen LogP contribution in [0.4, 0.5) is 32.0 Å². The molecule has 0 unspecified atom stereocenters. The molecule has 0 spiro atoms. The molecule has 2 aromatic carbocycles. The normalized spacial score (nSPS) is 21.1. The van der Waals surface area contributed by atoms with Crippen molar-refractivity contribution in [3.05, 3.63) is 76.4 Å². The summed E-state index contributed by atoms with van der Waals surface area (Å²) in [6.45, 7) is -0.0609. The van der Waals surface area contributed by atoms with Crippen LogP contribution in [0.2, 0.25) is 0 Å². The van der Waals surface area contributed by atoms with E-state index in [1.165, 1.54) is 6.07 Å². The first kappa shape index (κ1) is 24.6. The van der Waals surface area contributed by atoms with Crippen LogP contribution < -0.4 is 10.6 Å². The van der Waals surface area contributed by atoms with Crippen molar-refractivity contribution >= 4 is 17.6 Å². The van der Waals surface area contributed by atoms with Gasteiger partial charge in [-0.3, -0.25) is 9.59 Å². The second kappa shape index (κ2) is 8.94. The number of anilines is 1. The van der Waals surface area contributed by atoms with Gasteiger partial charge in [0, 0.05) is 23.7 Å². The molecule has 1 heterocycles. The average molecular weight is 498 g/mol. The minimum Gasteiger partial charge on any atom is -0.481 e. The van der Waals surface area contributed by atoms with Crippen LogP contribution in [-0.2, 0) is 17.1 Å². The van der Waals surface area contributed by atoms with E-state index in [2.05, 4.69) is 10.6 Å². The number of aliphatic carboxylic acids is 1. The Hall–Kier alpha value is -3.50.